The van der Waals surface area contributed by atoms with Crippen molar-refractivity contribution in [1.82, 2.24) is 9.97 Å². The molecule has 1 aromatic carbocycles. The second kappa shape index (κ2) is 5.32. The topological polar surface area (TPSA) is 55.0 Å². The fourth-order valence-corrected chi connectivity index (χ4v) is 2.90. The molecule has 2 heterocycles. The van der Waals surface area contributed by atoms with E-state index in [1.165, 1.54) is 12.1 Å². The molecule has 4 rings (SSSR count). The van der Waals surface area contributed by atoms with Crippen molar-refractivity contribution in [3.8, 4) is 11.3 Å². The van der Waals surface area contributed by atoms with E-state index in [9.17, 15) is 4.39 Å². The zero-order chi connectivity index (χ0) is 15.1. The summed E-state index contributed by atoms with van der Waals surface area (Å²) >= 11 is 0. The molecule has 5 heteroatoms. The van der Waals surface area contributed by atoms with E-state index in [2.05, 4.69) is 4.90 Å². The van der Waals surface area contributed by atoms with Crippen molar-refractivity contribution in [3.05, 3.63) is 42.0 Å². The predicted octanol–water partition coefficient (Wildman–Crippen LogP) is 2.70. The van der Waals surface area contributed by atoms with Crippen molar-refractivity contribution >= 4 is 5.82 Å². The Hall–Kier alpha value is -2.01. The fraction of sp³-hybridized carbons (Fsp3) is 0.412. The molecule has 114 valence electrons. The number of rotatable bonds is 3. The molecule has 1 aliphatic carbocycles. The first-order valence-electron chi connectivity index (χ1n) is 7.84. The van der Waals surface area contributed by atoms with E-state index in [1.807, 2.05) is 6.07 Å². The lowest BCUT2D eigenvalue weighted by molar-refractivity contribution is 0.628. The minimum absolute atomic E-state index is 0.216. The molecule has 0 radical (unpaired) electrons. The van der Waals surface area contributed by atoms with Crippen molar-refractivity contribution in [3.63, 3.8) is 0 Å². The highest BCUT2D eigenvalue weighted by molar-refractivity contribution is 5.63. The van der Waals surface area contributed by atoms with Crippen LogP contribution in [0.15, 0.2) is 30.3 Å². The van der Waals surface area contributed by atoms with Gasteiger partial charge in [0.05, 0.1) is 5.69 Å². The Morgan fingerprint density at radius 1 is 1.09 bits per heavy atom. The van der Waals surface area contributed by atoms with Gasteiger partial charge in [0, 0.05) is 36.7 Å². The lowest BCUT2D eigenvalue weighted by atomic mass is 10.1. The third-order valence-electron chi connectivity index (χ3n) is 4.36. The van der Waals surface area contributed by atoms with Gasteiger partial charge < -0.3 is 10.6 Å². The summed E-state index contributed by atoms with van der Waals surface area (Å²) in [4.78, 5) is 11.7. The monoisotopic (exact) mass is 298 g/mol. The molecule has 0 spiro atoms. The maximum atomic E-state index is 13.1. The Morgan fingerprint density at radius 3 is 2.50 bits per heavy atom. The van der Waals surface area contributed by atoms with Gasteiger partial charge in [0.15, 0.2) is 0 Å². The summed E-state index contributed by atoms with van der Waals surface area (Å²) in [5.74, 6) is 2.11. The number of anilines is 1. The number of halogens is 1. The van der Waals surface area contributed by atoms with Crippen LogP contribution in [0.4, 0.5) is 10.2 Å². The second-order valence-electron chi connectivity index (χ2n) is 6.25. The Morgan fingerprint density at radius 2 is 1.86 bits per heavy atom. The summed E-state index contributed by atoms with van der Waals surface area (Å²) < 4.78 is 13.1. The Labute approximate surface area is 129 Å². The van der Waals surface area contributed by atoms with Gasteiger partial charge in [0.25, 0.3) is 0 Å². The first-order chi connectivity index (χ1) is 10.7. The molecule has 22 heavy (non-hydrogen) atoms. The van der Waals surface area contributed by atoms with E-state index in [0.29, 0.717) is 5.92 Å². The van der Waals surface area contributed by atoms with Crippen LogP contribution < -0.4 is 10.6 Å². The summed E-state index contributed by atoms with van der Waals surface area (Å²) in [6.45, 7) is 1.77. The van der Waals surface area contributed by atoms with Gasteiger partial charge in [0.2, 0.25) is 0 Å². The molecule has 2 fully saturated rings. The van der Waals surface area contributed by atoms with E-state index >= 15 is 0 Å². The summed E-state index contributed by atoms with van der Waals surface area (Å²) in [6.07, 6.45) is 3.31. The van der Waals surface area contributed by atoms with E-state index in [4.69, 9.17) is 15.7 Å². The van der Waals surface area contributed by atoms with Crippen molar-refractivity contribution in [2.75, 3.05) is 18.0 Å². The highest BCUT2D eigenvalue weighted by Crippen LogP contribution is 2.39. The molecule has 1 aromatic heterocycles. The van der Waals surface area contributed by atoms with Gasteiger partial charge in [-0.15, -0.1) is 0 Å². The number of hydrogen-bond donors (Lipinski definition) is 1. The van der Waals surface area contributed by atoms with Gasteiger partial charge in [-0.05, 0) is 43.5 Å². The molecule has 2 aromatic rings. The minimum Gasteiger partial charge on any atom is -0.355 e. The molecule has 0 amide bonds. The van der Waals surface area contributed by atoms with Crippen molar-refractivity contribution in [1.29, 1.82) is 0 Å². The maximum absolute atomic E-state index is 13.1. The molecule has 2 aliphatic rings. The zero-order valence-corrected chi connectivity index (χ0v) is 12.4. The van der Waals surface area contributed by atoms with Gasteiger partial charge in [-0.1, -0.05) is 0 Å². The molecule has 4 nitrogen and oxygen atoms in total. The molecular formula is C17H19FN4. The van der Waals surface area contributed by atoms with Gasteiger partial charge in [-0.2, -0.15) is 0 Å². The molecule has 0 bridgehead atoms. The predicted molar refractivity (Wildman–Crippen MR) is 84.2 cm³/mol. The van der Waals surface area contributed by atoms with E-state index in [-0.39, 0.29) is 11.9 Å². The van der Waals surface area contributed by atoms with Gasteiger partial charge in [-0.25, -0.2) is 14.4 Å². The Bertz CT molecular complexity index is 682. The molecular weight excluding hydrogens is 279 g/mol. The zero-order valence-electron chi connectivity index (χ0n) is 12.4. The van der Waals surface area contributed by atoms with Gasteiger partial charge in [-0.3, -0.25) is 0 Å². The van der Waals surface area contributed by atoms with E-state index in [1.54, 1.807) is 12.1 Å². The standard InChI is InChI=1S/C17H19FN4/c18-13-5-3-11(4-6-13)15-9-16(22-8-7-14(19)10-22)21-17(20-15)12-1-2-12/h3-6,9,12,14H,1-2,7-8,10,19H2. The average molecular weight is 298 g/mol. The van der Waals surface area contributed by atoms with Crippen LogP contribution in [0.3, 0.4) is 0 Å². The van der Waals surface area contributed by atoms with E-state index in [0.717, 1.165) is 55.3 Å². The highest BCUT2D eigenvalue weighted by atomic mass is 19.1. The number of nitrogens with two attached hydrogens (primary N) is 1. The summed E-state index contributed by atoms with van der Waals surface area (Å²) in [7, 11) is 0. The quantitative estimate of drug-likeness (QED) is 0.946. The summed E-state index contributed by atoms with van der Waals surface area (Å²) in [5.41, 5.74) is 7.81. The third-order valence-corrected chi connectivity index (χ3v) is 4.36. The van der Waals surface area contributed by atoms with Crippen LogP contribution in [0.2, 0.25) is 0 Å². The maximum Gasteiger partial charge on any atom is 0.134 e. The minimum atomic E-state index is -0.231. The number of nitrogens with zero attached hydrogens (tertiary/aromatic N) is 3. The Balaban J connectivity index is 1.74. The van der Waals surface area contributed by atoms with Gasteiger partial charge in [0.1, 0.15) is 17.5 Å². The second-order valence-corrected chi connectivity index (χ2v) is 6.25. The normalized spacial score (nSPS) is 21.4. The van der Waals surface area contributed by atoms with Crippen LogP contribution in [-0.4, -0.2) is 29.1 Å². The van der Waals surface area contributed by atoms with Crippen LogP contribution in [0.25, 0.3) is 11.3 Å². The molecule has 1 unspecified atom stereocenters. The SMILES string of the molecule is NC1CCN(c2cc(-c3ccc(F)cc3)nc(C3CC3)n2)C1. The van der Waals surface area contributed by atoms with Crippen LogP contribution in [-0.2, 0) is 0 Å². The van der Waals surface area contributed by atoms with E-state index < -0.39 is 0 Å². The van der Waals surface area contributed by atoms with Crippen molar-refractivity contribution in [2.45, 2.75) is 31.2 Å². The fourth-order valence-electron chi connectivity index (χ4n) is 2.90. The average Bonchev–Trinajstić information content (AvgIpc) is 3.29. The highest BCUT2D eigenvalue weighted by Gasteiger charge is 2.29. The third kappa shape index (κ3) is 2.68. The first kappa shape index (κ1) is 13.6. The lowest BCUT2D eigenvalue weighted by Gasteiger charge is -2.18. The van der Waals surface area contributed by atoms with Crippen molar-refractivity contribution < 1.29 is 4.39 Å². The lowest BCUT2D eigenvalue weighted by Crippen LogP contribution is -2.27. The van der Waals surface area contributed by atoms with Crippen LogP contribution in [0, 0.1) is 5.82 Å². The summed E-state index contributed by atoms with van der Waals surface area (Å²) in [6, 6.07) is 8.70. The summed E-state index contributed by atoms with van der Waals surface area (Å²) in [5, 5.41) is 0. The molecule has 2 N–H and O–H groups in total. The Kier molecular flexibility index (Phi) is 3.30. The molecule has 1 saturated carbocycles. The number of aromatic nitrogens is 2. The van der Waals surface area contributed by atoms with Crippen molar-refractivity contribution in [2.24, 2.45) is 5.73 Å². The number of benzene rings is 1. The van der Waals surface area contributed by atoms with Gasteiger partial charge >= 0.3 is 0 Å². The molecule has 1 aliphatic heterocycles. The van der Waals surface area contributed by atoms with Crippen LogP contribution in [0.1, 0.15) is 31.0 Å². The van der Waals surface area contributed by atoms with Crippen LogP contribution in [0.5, 0.6) is 0 Å². The largest absolute Gasteiger partial charge is 0.355 e. The van der Waals surface area contributed by atoms with Crippen LogP contribution >= 0.6 is 0 Å². The first-order valence-corrected chi connectivity index (χ1v) is 7.84. The molecule has 1 saturated heterocycles. The smallest absolute Gasteiger partial charge is 0.134 e. The number of hydrogen-bond acceptors (Lipinski definition) is 4. The molecule has 1 atom stereocenters.